The molecule has 1 saturated heterocycles. The van der Waals surface area contributed by atoms with Crippen LogP contribution in [0.2, 0.25) is 0 Å². The van der Waals surface area contributed by atoms with Crippen molar-refractivity contribution in [1.29, 1.82) is 0 Å². The number of aromatic nitrogens is 3. The fourth-order valence-corrected chi connectivity index (χ4v) is 7.27. The number of hydrogen-bond donors (Lipinski definition) is 3. The van der Waals surface area contributed by atoms with Crippen LogP contribution in [0.25, 0.3) is 17.5 Å². The van der Waals surface area contributed by atoms with Gasteiger partial charge in [0.25, 0.3) is 17.6 Å². The van der Waals surface area contributed by atoms with Crippen LogP contribution in [0.1, 0.15) is 54.0 Å². The molecule has 4 saturated carbocycles. The van der Waals surface area contributed by atoms with Crippen LogP contribution in [0.5, 0.6) is 0 Å². The standard InChI is InChI=1S/C25H28N6O4/c32-19-12-31(5-4-26-19)24(33)22-29-23(35-30-22)17-11-27-18-3-1-2-16(18)21(17)28-20-14-6-13-7-15(20)10-25(34,8-13)9-14/h1-2,11,13-15,20,34H,3-10,12H2,(H,26,32)(H,27,28). The van der Waals surface area contributed by atoms with Crippen molar-refractivity contribution in [3.8, 4) is 11.5 Å². The number of allylic oxidation sites excluding steroid dienone is 1. The van der Waals surface area contributed by atoms with E-state index in [0.29, 0.717) is 36.4 Å². The maximum Gasteiger partial charge on any atom is 0.295 e. The van der Waals surface area contributed by atoms with Crippen molar-refractivity contribution >= 4 is 23.6 Å². The molecule has 2 aromatic rings. The Morgan fingerprint density at radius 1 is 1.26 bits per heavy atom. The van der Waals surface area contributed by atoms with Crippen molar-refractivity contribution in [2.45, 2.75) is 50.2 Å². The molecule has 10 heteroatoms. The molecular formula is C25H28N6O4. The average molecular weight is 477 g/mol. The van der Waals surface area contributed by atoms with Crippen molar-refractivity contribution in [3.05, 3.63) is 29.4 Å². The molecule has 2 aromatic heterocycles. The van der Waals surface area contributed by atoms with Gasteiger partial charge >= 0.3 is 0 Å². The number of nitrogens with one attached hydrogen (secondary N) is 2. The Morgan fingerprint density at radius 3 is 2.86 bits per heavy atom. The lowest BCUT2D eigenvalue weighted by Crippen LogP contribution is -2.59. The molecule has 2 unspecified atom stereocenters. The lowest BCUT2D eigenvalue weighted by molar-refractivity contribution is -0.129. The number of carbonyl (C=O) groups is 2. The normalized spacial score (nSPS) is 32.6. The van der Waals surface area contributed by atoms with E-state index < -0.39 is 11.5 Å². The second-order valence-corrected chi connectivity index (χ2v) is 10.9. The highest BCUT2D eigenvalue weighted by Crippen LogP contribution is 2.56. The van der Waals surface area contributed by atoms with E-state index in [0.717, 1.165) is 55.5 Å². The van der Waals surface area contributed by atoms with Gasteiger partial charge in [0.15, 0.2) is 0 Å². The van der Waals surface area contributed by atoms with E-state index in [4.69, 9.17) is 4.52 Å². The summed E-state index contributed by atoms with van der Waals surface area (Å²) in [5.41, 5.74) is 3.10. The monoisotopic (exact) mass is 476 g/mol. The SMILES string of the molecule is O=C1CN(C(=O)c2noc(-c3cnc4c(c3NC3C5CC6CC3CC(O)(C6)C5)C=CC4)n2)CCN1. The van der Waals surface area contributed by atoms with Crippen molar-refractivity contribution in [1.82, 2.24) is 25.3 Å². The molecule has 5 aliphatic carbocycles. The molecular weight excluding hydrogens is 448 g/mol. The summed E-state index contributed by atoms with van der Waals surface area (Å²) in [5.74, 6) is 1.03. The highest BCUT2D eigenvalue weighted by atomic mass is 16.5. The molecule has 8 rings (SSSR count). The molecule has 0 aromatic carbocycles. The van der Waals surface area contributed by atoms with Gasteiger partial charge in [0.2, 0.25) is 5.91 Å². The molecule has 35 heavy (non-hydrogen) atoms. The number of hydrogen-bond acceptors (Lipinski definition) is 8. The number of piperazine rings is 1. The molecule has 2 amide bonds. The van der Waals surface area contributed by atoms with Crippen LogP contribution in [-0.4, -0.2) is 68.2 Å². The average Bonchev–Trinajstić information content (AvgIpc) is 3.50. The highest BCUT2D eigenvalue weighted by Gasteiger charge is 2.55. The first-order valence-electron chi connectivity index (χ1n) is 12.5. The Balaban J connectivity index is 1.21. The lowest BCUT2D eigenvalue weighted by atomic mass is 9.52. The third-order valence-electron chi connectivity index (χ3n) is 8.52. The fraction of sp³-hybridized carbons (Fsp3) is 0.560. The van der Waals surface area contributed by atoms with Crippen LogP contribution in [0.4, 0.5) is 5.69 Å². The molecule has 3 heterocycles. The molecule has 3 N–H and O–H groups in total. The van der Waals surface area contributed by atoms with E-state index in [1.54, 1.807) is 6.20 Å². The third-order valence-corrected chi connectivity index (χ3v) is 8.52. The topological polar surface area (TPSA) is 133 Å². The number of carbonyl (C=O) groups excluding carboxylic acids is 2. The zero-order chi connectivity index (χ0) is 23.7. The van der Waals surface area contributed by atoms with Gasteiger partial charge in [0.1, 0.15) is 6.54 Å². The molecule has 1 aliphatic heterocycles. The van der Waals surface area contributed by atoms with Crippen LogP contribution in [-0.2, 0) is 11.2 Å². The summed E-state index contributed by atoms with van der Waals surface area (Å²) >= 11 is 0. The Labute approximate surface area is 202 Å². The number of fused-ring (bicyclic) bond motifs is 1. The summed E-state index contributed by atoms with van der Waals surface area (Å²) in [5, 5.41) is 21.5. The van der Waals surface area contributed by atoms with E-state index in [9.17, 15) is 14.7 Å². The quantitative estimate of drug-likeness (QED) is 0.606. The summed E-state index contributed by atoms with van der Waals surface area (Å²) in [6, 6.07) is 0.266. The third kappa shape index (κ3) is 3.45. The second-order valence-electron chi connectivity index (χ2n) is 10.9. The van der Waals surface area contributed by atoms with Crippen molar-refractivity contribution in [3.63, 3.8) is 0 Å². The summed E-state index contributed by atoms with van der Waals surface area (Å²) in [7, 11) is 0. The Bertz CT molecular complexity index is 1240. The van der Waals surface area contributed by atoms with Crippen LogP contribution >= 0.6 is 0 Å². The van der Waals surface area contributed by atoms with Crippen molar-refractivity contribution in [2.75, 3.05) is 25.0 Å². The van der Waals surface area contributed by atoms with Crippen LogP contribution in [0, 0.1) is 17.8 Å². The molecule has 182 valence electrons. The minimum absolute atomic E-state index is 0.0154. The Hall–Kier alpha value is -3.27. The van der Waals surface area contributed by atoms with E-state index >= 15 is 0 Å². The smallest absolute Gasteiger partial charge is 0.295 e. The summed E-state index contributed by atoms with van der Waals surface area (Å²) < 4.78 is 5.56. The van der Waals surface area contributed by atoms with Crippen LogP contribution in [0.15, 0.2) is 16.8 Å². The zero-order valence-corrected chi connectivity index (χ0v) is 19.4. The zero-order valence-electron chi connectivity index (χ0n) is 19.4. The van der Waals surface area contributed by atoms with Crippen molar-refractivity contribution < 1.29 is 19.2 Å². The van der Waals surface area contributed by atoms with Gasteiger partial charge in [0, 0.05) is 37.3 Å². The van der Waals surface area contributed by atoms with Gasteiger partial charge in [-0.1, -0.05) is 17.3 Å². The molecule has 0 spiro atoms. The van der Waals surface area contributed by atoms with Gasteiger partial charge < -0.3 is 25.2 Å². The molecule has 2 atom stereocenters. The number of anilines is 1. The minimum atomic E-state index is -0.495. The van der Waals surface area contributed by atoms with Gasteiger partial charge in [-0.05, 0) is 49.9 Å². The maximum atomic E-state index is 12.9. The van der Waals surface area contributed by atoms with E-state index in [2.05, 4.69) is 37.9 Å². The largest absolute Gasteiger partial charge is 0.390 e. The summed E-state index contributed by atoms with van der Waals surface area (Å²) in [6.45, 7) is 0.798. The van der Waals surface area contributed by atoms with Gasteiger partial charge in [0.05, 0.1) is 22.5 Å². The van der Waals surface area contributed by atoms with Gasteiger partial charge in [-0.3, -0.25) is 14.6 Å². The maximum absolute atomic E-state index is 12.9. The van der Waals surface area contributed by atoms with Crippen LogP contribution in [0.3, 0.4) is 0 Å². The van der Waals surface area contributed by atoms with Gasteiger partial charge in [-0.15, -0.1) is 0 Å². The Kier molecular flexibility index (Phi) is 4.58. The van der Waals surface area contributed by atoms with Crippen LogP contribution < -0.4 is 10.6 Å². The van der Waals surface area contributed by atoms with Gasteiger partial charge in [-0.25, -0.2) is 0 Å². The van der Waals surface area contributed by atoms with Crippen molar-refractivity contribution in [2.24, 2.45) is 17.8 Å². The molecule has 10 nitrogen and oxygen atoms in total. The number of pyridine rings is 1. The van der Waals surface area contributed by atoms with E-state index in [-0.39, 0.29) is 30.2 Å². The van der Waals surface area contributed by atoms with E-state index in [1.165, 1.54) is 4.90 Å². The fourth-order valence-electron chi connectivity index (χ4n) is 7.27. The first-order valence-corrected chi connectivity index (χ1v) is 12.5. The molecule has 4 bridgehead atoms. The molecule has 0 radical (unpaired) electrons. The first-order chi connectivity index (χ1) is 17.0. The lowest BCUT2D eigenvalue weighted by Gasteiger charge is -2.58. The second kappa shape index (κ2) is 7.61. The predicted molar refractivity (Wildman–Crippen MR) is 125 cm³/mol. The first kappa shape index (κ1) is 21.0. The minimum Gasteiger partial charge on any atom is -0.390 e. The molecule has 5 fully saturated rings. The summed E-state index contributed by atoms with van der Waals surface area (Å²) in [4.78, 5) is 35.0. The number of aliphatic hydroxyl groups is 1. The number of nitrogens with zero attached hydrogens (tertiary/aromatic N) is 4. The summed E-state index contributed by atoms with van der Waals surface area (Å²) in [6.07, 6.45) is 11.6. The van der Waals surface area contributed by atoms with Gasteiger partial charge in [-0.2, -0.15) is 4.98 Å². The highest BCUT2D eigenvalue weighted by molar-refractivity contribution is 5.94. The number of rotatable bonds is 4. The van der Waals surface area contributed by atoms with E-state index in [1.807, 2.05) is 0 Å². The predicted octanol–water partition coefficient (Wildman–Crippen LogP) is 1.62. The number of amides is 2. The Morgan fingerprint density at radius 2 is 2.09 bits per heavy atom. The molecule has 6 aliphatic rings.